The minimum atomic E-state index is -0.541. The van der Waals surface area contributed by atoms with Crippen LogP contribution < -0.4 is 11.1 Å². The molecule has 0 aromatic heterocycles. The fraction of sp³-hybridized carbons (Fsp3) is 0.579. The maximum absolute atomic E-state index is 12.6. The molecule has 3 N–H and O–H groups in total. The highest BCUT2D eigenvalue weighted by Gasteiger charge is 2.22. The number of halogens is 1. The Hall–Kier alpha value is -1.59. The van der Waals surface area contributed by atoms with E-state index >= 15 is 0 Å². The second kappa shape index (κ2) is 9.20. The third kappa shape index (κ3) is 5.44. The molecule has 1 aliphatic heterocycles. The zero-order chi connectivity index (χ0) is 17.9. The van der Waals surface area contributed by atoms with Crippen LogP contribution in [0.3, 0.4) is 0 Å². The summed E-state index contributed by atoms with van der Waals surface area (Å²) < 4.78 is 0. The van der Waals surface area contributed by atoms with E-state index in [9.17, 15) is 9.59 Å². The molecule has 0 bridgehead atoms. The fourth-order valence-electron chi connectivity index (χ4n) is 2.85. The van der Waals surface area contributed by atoms with E-state index < -0.39 is 6.04 Å². The number of carbonyl (C=O) groups excluding carboxylic acids is 2. The van der Waals surface area contributed by atoms with E-state index in [1.54, 1.807) is 12.1 Å². The van der Waals surface area contributed by atoms with Crippen molar-refractivity contribution in [3.05, 3.63) is 29.3 Å². The van der Waals surface area contributed by atoms with Gasteiger partial charge in [0.2, 0.25) is 5.91 Å². The average molecular weight is 368 g/mol. The van der Waals surface area contributed by atoms with E-state index in [0.29, 0.717) is 17.2 Å². The summed E-state index contributed by atoms with van der Waals surface area (Å²) in [5.74, 6) is 0.644. The molecule has 0 aliphatic carbocycles. The fourth-order valence-corrected chi connectivity index (χ4v) is 2.85. The third-order valence-corrected chi connectivity index (χ3v) is 4.82. The molecule has 1 aliphatic rings. The second-order valence-corrected chi connectivity index (χ2v) is 7.26. The SMILES string of the molecule is Cc1cc(C(=O)N2CCC(C)CC2)ccc1NC(=O)C(N)C(C)C.Cl. The van der Waals surface area contributed by atoms with E-state index in [2.05, 4.69) is 12.2 Å². The van der Waals surface area contributed by atoms with Crippen LogP contribution in [0.5, 0.6) is 0 Å². The molecular formula is C19H30ClN3O2. The molecule has 1 aromatic carbocycles. The van der Waals surface area contributed by atoms with Crippen LogP contribution in [0.15, 0.2) is 18.2 Å². The van der Waals surface area contributed by atoms with E-state index in [0.717, 1.165) is 31.5 Å². The highest BCUT2D eigenvalue weighted by molar-refractivity contribution is 5.98. The summed E-state index contributed by atoms with van der Waals surface area (Å²) in [5, 5.41) is 2.85. The Morgan fingerprint density at radius 1 is 1.24 bits per heavy atom. The van der Waals surface area contributed by atoms with Crippen molar-refractivity contribution in [2.24, 2.45) is 17.6 Å². The van der Waals surface area contributed by atoms with E-state index in [1.807, 2.05) is 31.7 Å². The quantitative estimate of drug-likeness (QED) is 0.857. The van der Waals surface area contributed by atoms with Gasteiger partial charge in [-0.3, -0.25) is 9.59 Å². The topological polar surface area (TPSA) is 75.4 Å². The Morgan fingerprint density at radius 3 is 2.36 bits per heavy atom. The number of aryl methyl sites for hydroxylation is 1. The Morgan fingerprint density at radius 2 is 1.84 bits per heavy atom. The van der Waals surface area contributed by atoms with Crippen LogP contribution in [0.4, 0.5) is 5.69 Å². The number of piperidine rings is 1. The summed E-state index contributed by atoms with van der Waals surface area (Å²) in [4.78, 5) is 26.6. The molecule has 25 heavy (non-hydrogen) atoms. The number of hydrogen-bond donors (Lipinski definition) is 2. The van der Waals surface area contributed by atoms with Crippen LogP contribution in [0.2, 0.25) is 0 Å². The molecule has 140 valence electrons. The van der Waals surface area contributed by atoms with Crippen LogP contribution in [0, 0.1) is 18.8 Å². The first-order chi connectivity index (χ1) is 11.3. The lowest BCUT2D eigenvalue weighted by Gasteiger charge is -2.30. The Labute approximate surface area is 156 Å². The molecule has 1 aromatic rings. The second-order valence-electron chi connectivity index (χ2n) is 7.26. The first kappa shape index (κ1) is 21.5. The summed E-state index contributed by atoms with van der Waals surface area (Å²) in [6.07, 6.45) is 2.12. The molecule has 1 heterocycles. The number of likely N-dealkylation sites (tertiary alicyclic amines) is 1. The number of carbonyl (C=O) groups is 2. The van der Waals surface area contributed by atoms with Gasteiger partial charge >= 0.3 is 0 Å². The smallest absolute Gasteiger partial charge is 0.253 e. The van der Waals surface area contributed by atoms with Crippen molar-refractivity contribution >= 4 is 29.9 Å². The summed E-state index contributed by atoms with van der Waals surface area (Å²) >= 11 is 0. The molecule has 2 rings (SSSR count). The van der Waals surface area contributed by atoms with Gasteiger partial charge in [-0.15, -0.1) is 12.4 Å². The molecule has 1 atom stereocenters. The van der Waals surface area contributed by atoms with E-state index in [-0.39, 0.29) is 30.1 Å². The summed E-state index contributed by atoms with van der Waals surface area (Å²) in [6.45, 7) is 9.59. The minimum Gasteiger partial charge on any atom is -0.339 e. The summed E-state index contributed by atoms with van der Waals surface area (Å²) in [7, 11) is 0. The number of amides is 2. The van der Waals surface area contributed by atoms with Crippen molar-refractivity contribution in [1.29, 1.82) is 0 Å². The first-order valence-electron chi connectivity index (χ1n) is 8.76. The van der Waals surface area contributed by atoms with Crippen LogP contribution in [0.1, 0.15) is 49.5 Å². The predicted molar refractivity (Wildman–Crippen MR) is 104 cm³/mol. The van der Waals surface area contributed by atoms with Gasteiger partial charge in [0.05, 0.1) is 6.04 Å². The van der Waals surface area contributed by atoms with Crippen molar-refractivity contribution in [1.82, 2.24) is 4.90 Å². The number of nitrogens with one attached hydrogen (secondary N) is 1. The number of nitrogens with two attached hydrogens (primary N) is 1. The molecule has 1 saturated heterocycles. The molecule has 0 spiro atoms. The Kier molecular flexibility index (Phi) is 7.90. The van der Waals surface area contributed by atoms with Gasteiger partial charge in [0.25, 0.3) is 5.91 Å². The maximum Gasteiger partial charge on any atom is 0.253 e. The van der Waals surface area contributed by atoms with Gasteiger partial charge in [-0.05, 0) is 55.4 Å². The van der Waals surface area contributed by atoms with E-state index in [4.69, 9.17) is 5.73 Å². The molecule has 1 fully saturated rings. The number of anilines is 1. The lowest BCUT2D eigenvalue weighted by Crippen LogP contribution is -2.40. The van der Waals surface area contributed by atoms with Crippen molar-refractivity contribution in [2.45, 2.75) is 46.6 Å². The van der Waals surface area contributed by atoms with Crippen molar-refractivity contribution in [3.8, 4) is 0 Å². The maximum atomic E-state index is 12.6. The lowest BCUT2D eigenvalue weighted by atomic mass is 9.98. The van der Waals surface area contributed by atoms with Crippen LogP contribution in [-0.2, 0) is 4.79 Å². The molecule has 6 heteroatoms. The van der Waals surface area contributed by atoms with Crippen molar-refractivity contribution in [3.63, 3.8) is 0 Å². The lowest BCUT2D eigenvalue weighted by molar-refractivity contribution is -0.118. The molecule has 0 radical (unpaired) electrons. The van der Waals surface area contributed by atoms with Gasteiger partial charge in [0.15, 0.2) is 0 Å². The predicted octanol–water partition coefficient (Wildman–Crippen LogP) is 3.21. The van der Waals surface area contributed by atoms with Crippen LogP contribution in [-0.4, -0.2) is 35.8 Å². The van der Waals surface area contributed by atoms with E-state index in [1.165, 1.54) is 0 Å². The Bertz CT molecular complexity index is 611. The van der Waals surface area contributed by atoms with Gasteiger partial charge < -0.3 is 16.0 Å². The van der Waals surface area contributed by atoms with Crippen molar-refractivity contribution < 1.29 is 9.59 Å². The van der Waals surface area contributed by atoms with Gasteiger partial charge in [-0.2, -0.15) is 0 Å². The average Bonchev–Trinajstić information content (AvgIpc) is 2.55. The minimum absolute atomic E-state index is 0. The monoisotopic (exact) mass is 367 g/mol. The van der Waals surface area contributed by atoms with Gasteiger partial charge in [-0.1, -0.05) is 20.8 Å². The number of rotatable bonds is 4. The summed E-state index contributed by atoms with van der Waals surface area (Å²) in [6, 6.07) is 4.88. The van der Waals surface area contributed by atoms with Crippen LogP contribution in [0.25, 0.3) is 0 Å². The van der Waals surface area contributed by atoms with Crippen molar-refractivity contribution in [2.75, 3.05) is 18.4 Å². The zero-order valence-electron chi connectivity index (χ0n) is 15.5. The van der Waals surface area contributed by atoms with Crippen LogP contribution >= 0.6 is 12.4 Å². The molecule has 1 unspecified atom stereocenters. The molecule has 2 amide bonds. The highest BCUT2D eigenvalue weighted by atomic mass is 35.5. The van der Waals surface area contributed by atoms with Gasteiger partial charge in [0, 0.05) is 24.3 Å². The molecular weight excluding hydrogens is 338 g/mol. The molecule has 0 saturated carbocycles. The number of hydrogen-bond acceptors (Lipinski definition) is 3. The number of nitrogens with zero attached hydrogens (tertiary/aromatic N) is 1. The van der Waals surface area contributed by atoms with Gasteiger partial charge in [-0.25, -0.2) is 0 Å². The Balaban J connectivity index is 0.00000312. The molecule has 5 nitrogen and oxygen atoms in total. The first-order valence-corrected chi connectivity index (χ1v) is 8.76. The largest absolute Gasteiger partial charge is 0.339 e. The normalized spacial score (nSPS) is 16.3. The third-order valence-electron chi connectivity index (χ3n) is 4.82. The number of benzene rings is 1. The highest BCUT2D eigenvalue weighted by Crippen LogP contribution is 2.21. The zero-order valence-corrected chi connectivity index (χ0v) is 16.4. The standard InChI is InChI=1S/C19H29N3O2.ClH/c1-12(2)17(20)18(23)21-16-6-5-15(11-14(16)4)19(24)22-9-7-13(3)8-10-22;/h5-6,11-13,17H,7-10,20H2,1-4H3,(H,21,23);1H. The summed E-state index contributed by atoms with van der Waals surface area (Å²) in [5.41, 5.74) is 8.13. The van der Waals surface area contributed by atoms with Gasteiger partial charge in [0.1, 0.15) is 0 Å².